The second-order valence-electron chi connectivity index (χ2n) is 23.0. The van der Waals surface area contributed by atoms with E-state index in [-0.39, 0.29) is 68.3 Å². The van der Waals surface area contributed by atoms with Crippen LogP contribution in [0.2, 0.25) is 0 Å². The van der Waals surface area contributed by atoms with E-state index in [9.17, 15) is 40.2 Å². The zero-order valence-corrected chi connectivity index (χ0v) is 55.1. The van der Waals surface area contributed by atoms with E-state index in [0.717, 1.165) is 168 Å². The van der Waals surface area contributed by atoms with Gasteiger partial charge in [0, 0.05) is 105 Å². The molecular formula is C62H137N9O11. The second-order valence-corrected chi connectivity index (χ2v) is 23.0. The van der Waals surface area contributed by atoms with Crippen LogP contribution in [-0.2, 0) is 9.59 Å². The highest BCUT2D eigenvalue weighted by atomic mass is 16.3. The van der Waals surface area contributed by atoms with E-state index in [1.807, 2.05) is 32.6 Å². The number of amides is 2. The van der Waals surface area contributed by atoms with Crippen LogP contribution < -0.4 is 10.6 Å². The van der Waals surface area contributed by atoms with Crippen molar-refractivity contribution >= 4 is 11.8 Å². The lowest BCUT2D eigenvalue weighted by molar-refractivity contribution is -0.121. The molecule has 20 heteroatoms. The molecule has 0 heterocycles. The predicted molar refractivity (Wildman–Crippen MR) is 340 cm³/mol. The summed E-state index contributed by atoms with van der Waals surface area (Å²) in [7, 11) is 8.26. The molecule has 0 saturated heterocycles. The van der Waals surface area contributed by atoms with Crippen LogP contribution in [0.25, 0.3) is 0 Å². The van der Waals surface area contributed by atoms with Gasteiger partial charge in [0.25, 0.3) is 0 Å². The molecule has 0 aromatic heterocycles. The van der Waals surface area contributed by atoms with Gasteiger partial charge in [0.15, 0.2) is 0 Å². The molecule has 0 spiro atoms. The van der Waals surface area contributed by atoms with Gasteiger partial charge in [0.2, 0.25) is 11.8 Å². The zero-order valence-electron chi connectivity index (χ0n) is 55.1. The smallest absolute Gasteiger partial charge is 0.221 e. The van der Waals surface area contributed by atoms with Crippen LogP contribution in [0.15, 0.2) is 0 Å². The van der Waals surface area contributed by atoms with Gasteiger partial charge in [0.05, 0.1) is 49.8 Å². The summed E-state index contributed by atoms with van der Waals surface area (Å²) < 4.78 is 0. The van der Waals surface area contributed by atoms with Gasteiger partial charge in [-0.25, -0.2) is 0 Å². The van der Waals surface area contributed by atoms with E-state index < -0.39 is 0 Å². The maximum Gasteiger partial charge on any atom is 0.221 e. The Bertz CT molecular complexity index is 1250. The number of hydrogen-bond donors (Lipinski definition) is 11. The SMILES string of the molecule is CCCC(O)CN(C)CCCN(C)CC(O)CCC.CCCC(O)CN(CCCN(C)C)CC(O)CCC.CCCC(O)CN(CCCO)CC(O)CCC.CCCNC(=O)CCN(CCCN(CCO)CCO)CCC(=O)NCCC. The maximum absolute atomic E-state index is 11.9. The first-order valence-corrected chi connectivity index (χ1v) is 32.5. The van der Waals surface area contributed by atoms with Crippen LogP contribution in [0, 0.1) is 0 Å². The molecule has 0 aliphatic carbocycles. The van der Waals surface area contributed by atoms with Crippen molar-refractivity contribution in [1.29, 1.82) is 0 Å². The number of nitrogens with one attached hydrogen (secondary N) is 2. The Morgan fingerprint density at radius 1 is 0.329 bits per heavy atom. The van der Waals surface area contributed by atoms with Gasteiger partial charge in [-0.3, -0.25) is 24.3 Å². The molecular weight excluding hydrogens is 1050 g/mol. The molecule has 0 aromatic carbocycles. The van der Waals surface area contributed by atoms with Gasteiger partial charge in [-0.1, -0.05) is 93.9 Å². The third-order valence-corrected chi connectivity index (χ3v) is 13.7. The van der Waals surface area contributed by atoms with Crippen molar-refractivity contribution in [3.8, 4) is 0 Å². The molecule has 0 aromatic rings. The normalized spacial score (nSPS) is 13.9. The van der Waals surface area contributed by atoms with Crippen LogP contribution in [0.5, 0.6) is 0 Å². The fraction of sp³-hybridized carbons (Fsp3) is 0.968. The fourth-order valence-electron chi connectivity index (χ4n) is 9.37. The number of aliphatic hydroxyl groups excluding tert-OH is 9. The largest absolute Gasteiger partial charge is 0.396 e. The summed E-state index contributed by atoms with van der Waals surface area (Å²) in [4.78, 5) is 38.7. The van der Waals surface area contributed by atoms with Crippen LogP contribution in [0.4, 0.5) is 0 Å². The van der Waals surface area contributed by atoms with Gasteiger partial charge in [-0.15, -0.1) is 0 Å². The average molecular weight is 1180 g/mol. The Balaban J connectivity index is -0.000000503. The van der Waals surface area contributed by atoms with Crippen LogP contribution in [0.3, 0.4) is 0 Å². The van der Waals surface area contributed by atoms with E-state index in [0.29, 0.717) is 84.7 Å². The molecule has 0 fully saturated rings. The molecule has 2 amide bonds. The maximum atomic E-state index is 11.9. The van der Waals surface area contributed by atoms with Crippen molar-refractivity contribution in [2.45, 2.75) is 220 Å². The fourth-order valence-corrected chi connectivity index (χ4v) is 9.37. The molecule has 0 rings (SSSR count). The highest BCUT2D eigenvalue weighted by molar-refractivity contribution is 5.76. The van der Waals surface area contributed by atoms with Gasteiger partial charge < -0.3 is 76.2 Å². The van der Waals surface area contributed by atoms with Crippen molar-refractivity contribution in [3.05, 3.63) is 0 Å². The summed E-state index contributed by atoms with van der Waals surface area (Å²) in [6.07, 6.45) is 15.8. The van der Waals surface area contributed by atoms with Crippen LogP contribution in [-0.4, -0.2) is 301 Å². The van der Waals surface area contributed by atoms with Gasteiger partial charge in [-0.05, 0) is 145 Å². The van der Waals surface area contributed by atoms with Gasteiger partial charge >= 0.3 is 0 Å². The third kappa shape index (κ3) is 62.8. The molecule has 6 unspecified atom stereocenters. The molecule has 0 radical (unpaired) electrons. The van der Waals surface area contributed by atoms with E-state index in [2.05, 4.69) is 95.9 Å². The van der Waals surface area contributed by atoms with Crippen molar-refractivity contribution in [2.24, 2.45) is 0 Å². The molecule has 0 saturated carbocycles. The van der Waals surface area contributed by atoms with E-state index >= 15 is 0 Å². The summed E-state index contributed by atoms with van der Waals surface area (Å²) in [6, 6.07) is 0. The lowest BCUT2D eigenvalue weighted by Crippen LogP contribution is -2.39. The van der Waals surface area contributed by atoms with Crippen molar-refractivity contribution in [1.82, 2.24) is 44.9 Å². The first-order valence-electron chi connectivity index (χ1n) is 32.5. The van der Waals surface area contributed by atoms with Crippen molar-refractivity contribution in [2.75, 3.05) is 172 Å². The van der Waals surface area contributed by atoms with Crippen LogP contribution in [0.1, 0.15) is 184 Å². The highest BCUT2D eigenvalue weighted by Gasteiger charge is 2.17. The number of aliphatic hydroxyl groups is 9. The Hall–Kier alpha value is -1.70. The summed E-state index contributed by atoms with van der Waals surface area (Å²) in [5.41, 5.74) is 0. The first kappa shape index (κ1) is 86.7. The standard InChI is InChI=1S/C19H40N4O4.2C15H34N2O2.C13H29NO3/c1-3-8-20-18(26)6-12-22(13-7-19(27)21-9-4-2)10-5-11-23(14-16-24)15-17-25;1-5-8-14(18)12-16(3)10-7-11-17(4)13-15(19)9-6-2;1-5-8-14(18)12-17(11-7-10-16(3)4)13-15(19)9-6-2;1-3-6-12(16)10-14(8-5-9-15)11-13(17)7-4-2/h24-25H,3-17H2,1-2H3,(H,20,26)(H,21,27);2*14-15,18-19H,5-13H2,1-4H3;12-13,15-17H,3-11H2,1-2H3. The molecule has 0 aliphatic heterocycles. The van der Waals surface area contributed by atoms with Gasteiger partial charge in [-0.2, -0.15) is 0 Å². The molecule has 496 valence electrons. The Morgan fingerprint density at radius 2 is 0.610 bits per heavy atom. The summed E-state index contributed by atoms with van der Waals surface area (Å²) in [6.45, 7) is 30.8. The minimum Gasteiger partial charge on any atom is -0.396 e. The molecule has 82 heavy (non-hydrogen) atoms. The molecule has 0 bridgehead atoms. The number of carbonyl (C=O) groups is 2. The lowest BCUT2D eigenvalue weighted by atomic mass is 10.1. The molecule has 0 aliphatic rings. The Kier molecular flexibility index (Phi) is 67.5. The number of nitrogens with zero attached hydrogens (tertiary/aromatic N) is 7. The lowest BCUT2D eigenvalue weighted by Gasteiger charge is -2.27. The van der Waals surface area contributed by atoms with Gasteiger partial charge in [0.1, 0.15) is 0 Å². The van der Waals surface area contributed by atoms with Crippen LogP contribution >= 0.6 is 0 Å². The average Bonchev–Trinajstić information content (AvgIpc) is 3.40. The Labute approximate surface area is 503 Å². The van der Waals surface area contributed by atoms with E-state index in [4.69, 9.17) is 15.3 Å². The summed E-state index contributed by atoms with van der Waals surface area (Å²) >= 11 is 0. The molecule has 6 atom stereocenters. The number of hydrogen-bond acceptors (Lipinski definition) is 18. The summed E-state index contributed by atoms with van der Waals surface area (Å²) in [5.74, 6) is 0.0824. The second kappa shape index (κ2) is 63.8. The number of carbonyl (C=O) groups excluding carboxylic acids is 2. The van der Waals surface area contributed by atoms with E-state index in [1.165, 1.54) is 0 Å². The van der Waals surface area contributed by atoms with Crippen molar-refractivity contribution < 1.29 is 55.5 Å². The topological polar surface area (TPSA) is 263 Å². The summed E-state index contributed by atoms with van der Waals surface area (Å²) in [5, 5.41) is 91.6. The minimum atomic E-state index is -0.326. The monoisotopic (exact) mass is 1180 g/mol. The van der Waals surface area contributed by atoms with Crippen molar-refractivity contribution in [3.63, 3.8) is 0 Å². The zero-order chi connectivity index (χ0) is 62.8. The Morgan fingerprint density at radius 3 is 0.902 bits per heavy atom. The number of likely N-dealkylation sites (N-methyl/N-ethyl adjacent to an activating group) is 2. The molecule has 11 N–H and O–H groups in total. The highest BCUT2D eigenvalue weighted by Crippen LogP contribution is 2.08. The third-order valence-electron chi connectivity index (χ3n) is 13.7. The first-order chi connectivity index (χ1) is 39.2. The van der Waals surface area contributed by atoms with E-state index in [1.54, 1.807) is 0 Å². The quantitative estimate of drug-likeness (QED) is 0.0413. The predicted octanol–water partition coefficient (Wildman–Crippen LogP) is 3.91. The molecule has 20 nitrogen and oxygen atoms in total. The number of rotatable bonds is 53. The minimum absolute atomic E-state index is 0.0412.